The van der Waals surface area contributed by atoms with Crippen LogP contribution in [0.15, 0.2) is 16.7 Å². The first-order valence-corrected chi connectivity index (χ1v) is 4.13. The average molecular weight is 217 g/mol. The molecule has 0 aliphatic carbocycles. The number of ether oxygens (including phenoxy) is 1. The van der Waals surface area contributed by atoms with E-state index in [0.717, 1.165) is 0 Å². The van der Waals surface area contributed by atoms with Gasteiger partial charge in [0.2, 0.25) is 5.88 Å². The molecule has 0 bridgehead atoms. The van der Waals surface area contributed by atoms with E-state index in [1.165, 1.54) is 0 Å². The molecule has 0 N–H and O–H groups in total. The van der Waals surface area contributed by atoms with Crippen molar-refractivity contribution in [3.05, 3.63) is 16.7 Å². The molecule has 0 unspecified atom stereocenters. The molecule has 0 spiro atoms. The van der Waals surface area contributed by atoms with Crippen LogP contribution >= 0.6 is 15.9 Å². The molecule has 0 aromatic carbocycles. The van der Waals surface area contributed by atoms with Gasteiger partial charge in [0.1, 0.15) is 4.60 Å². The van der Waals surface area contributed by atoms with E-state index in [9.17, 15) is 0 Å². The molecule has 1 aromatic rings. The fourth-order valence-corrected chi connectivity index (χ4v) is 0.820. The van der Waals surface area contributed by atoms with E-state index >= 15 is 0 Å². The third-order valence-electron chi connectivity index (χ3n) is 0.964. The molecule has 1 rings (SSSR count). The Hall–Kier alpha value is -0.640. The summed E-state index contributed by atoms with van der Waals surface area (Å²) in [6.07, 6.45) is 0.144. The van der Waals surface area contributed by atoms with Crippen molar-refractivity contribution in [1.29, 1.82) is 0 Å². The van der Waals surface area contributed by atoms with Gasteiger partial charge < -0.3 is 4.74 Å². The molecule has 0 amide bonds. The standard InChI is InChI=1S/C7H9BrN2O/c1-5(2)11-7-4-3-6(8)9-10-7/h3-5H,1-2H3. The van der Waals surface area contributed by atoms with Crippen LogP contribution in [0.3, 0.4) is 0 Å². The van der Waals surface area contributed by atoms with E-state index in [4.69, 9.17) is 4.74 Å². The van der Waals surface area contributed by atoms with Crippen LogP contribution in [0, 0.1) is 0 Å². The lowest BCUT2D eigenvalue weighted by atomic mass is 10.5. The van der Waals surface area contributed by atoms with Crippen LogP contribution in [-0.2, 0) is 0 Å². The van der Waals surface area contributed by atoms with Crippen molar-refractivity contribution in [2.75, 3.05) is 0 Å². The van der Waals surface area contributed by atoms with Gasteiger partial charge >= 0.3 is 0 Å². The third kappa shape index (κ3) is 2.84. The molecule has 0 saturated carbocycles. The number of hydrogen-bond acceptors (Lipinski definition) is 3. The van der Waals surface area contributed by atoms with E-state index in [1.807, 2.05) is 13.8 Å². The summed E-state index contributed by atoms with van der Waals surface area (Å²) in [6, 6.07) is 3.57. The van der Waals surface area contributed by atoms with Crippen LogP contribution in [0.2, 0.25) is 0 Å². The van der Waals surface area contributed by atoms with Gasteiger partial charge in [-0.05, 0) is 35.8 Å². The van der Waals surface area contributed by atoms with Crippen molar-refractivity contribution in [2.45, 2.75) is 20.0 Å². The minimum absolute atomic E-state index is 0.144. The van der Waals surface area contributed by atoms with Gasteiger partial charge in [0.15, 0.2) is 0 Å². The van der Waals surface area contributed by atoms with E-state index in [2.05, 4.69) is 26.1 Å². The molecule has 0 aliphatic rings. The van der Waals surface area contributed by atoms with Crippen molar-refractivity contribution in [3.8, 4) is 5.88 Å². The minimum atomic E-state index is 0.144. The van der Waals surface area contributed by atoms with Gasteiger partial charge in [-0.25, -0.2) is 0 Å². The number of halogens is 1. The van der Waals surface area contributed by atoms with Gasteiger partial charge in [-0.3, -0.25) is 0 Å². The van der Waals surface area contributed by atoms with E-state index in [-0.39, 0.29) is 6.10 Å². The summed E-state index contributed by atoms with van der Waals surface area (Å²) in [5.74, 6) is 0.559. The van der Waals surface area contributed by atoms with Gasteiger partial charge in [-0.2, -0.15) is 0 Å². The highest BCUT2D eigenvalue weighted by atomic mass is 79.9. The molecule has 0 fully saturated rings. The normalized spacial score (nSPS) is 10.2. The Morgan fingerprint density at radius 3 is 2.55 bits per heavy atom. The van der Waals surface area contributed by atoms with Crippen LogP contribution in [0.1, 0.15) is 13.8 Å². The zero-order valence-electron chi connectivity index (χ0n) is 6.41. The van der Waals surface area contributed by atoms with Crippen molar-refractivity contribution >= 4 is 15.9 Å². The predicted octanol–water partition coefficient (Wildman–Crippen LogP) is 2.03. The lowest BCUT2D eigenvalue weighted by Gasteiger charge is -2.06. The Kier molecular flexibility index (Phi) is 2.82. The number of nitrogens with zero attached hydrogens (tertiary/aromatic N) is 2. The Bertz CT molecular complexity index is 222. The summed E-state index contributed by atoms with van der Waals surface area (Å²) in [5.41, 5.74) is 0. The molecular formula is C7H9BrN2O. The van der Waals surface area contributed by atoms with Crippen LogP contribution in [0.4, 0.5) is 0 Å². The fraction of sp³-hybridized carbons (Fsp3) is 0.429. The zero-order chi connectivity index (χ0) is 8.27. The van der Waals surface area contributed by atoms with Crippen molar-refractivity contribution < 1.29 is 4.74 Å². The molecule has 3 nitrogen and oxygen atoms in total. The number of aromatic nitrogens is 2. The van der Waals surface area contributed by atoms with Crippen LogP contribution in [0.25, 0.3) is 0 Å². The highest BCUT2D eigenvalue weighted by molar-refractivity contribution is 9.10. The maximum Gasteiger partial charge on any atom is 0.233 e. The lowest BCUT2D eigenvalue weighted by Crippen LogP contribution is -2.07. The first-order valence-electron chi connectivity index (χ1n) is 3.34. The molecule has 0 radical (unpaired) electrons. The number of hydrogen-bond donors (Lipinski definition) is 0. The first-order chi connectivity index (χ1) is 5.18. The summed E-state index contributed by atoms with van der Waals surface area (Å²) in [5, 5.41) is 7.57. The molecular weight excluding hydrogens is 208 g/mol. The highest BCUT2D eigenvalue weighted by Gasteiger charge is 1.98. The molecule has 4 heteroatoms. The van der Waals surface area contributed by atoms with Gasteiger partial charge in [0.05, 0.1) is 6.10 Å². The molecule has 1 heterocycles. The summed E-state index contributed by atoms with van der Waals surface area (Å²) in [4.78, 5) is 0. The highest BCUT2D eigenvalue weighted by Crippen LogP contribution is 2.09. The van der Waals surface area contributed by atoms with Crippen LogP contribution in [0.5, 0.6) is 5.88 Å². The molecule has 0 saturated heterocycles. The molecule has 0 aliphatic heterocycles. The topological polar surface area (TPSA) is 35.0 Å². The minimum Gasteiger partial charge on any atom is -0.474 e. The van der Waals surface area contributed by atoms with Gasteiger partial charge in [-0.1, -0.05) is 0 Å². The second-order valence-electron chi connectivity index (χ2n) is 2.36. The molecule has 0 atom stereocenters. The second-order valence-corrected chi connectivity index (χ2v) is 3.17. The Morgan fingerprint density at radius 2 is 2.09 bits per heavy atom. The van der Waals surface area contributed by atoms with Crippen LogP contribution in [-0.4, -0.2) is 16.3 Å². The molecule has 11 heavy (non-hydrogen) atoms. The second kappa shape index (κ2) is 3.67. The van der Waals surface area contributed by atoms with Crippen molar-refractivity contribution in [2.24, 2.45) is 0 Å². The first kappa shape index (κ1) is 8.46. The average Bonchev–Trinajstić information content (AvgIpc) is 1.93. The maximum absolute atomic E-state index is 5.27. The summed E-state index contributed by atoms with van der Waals surface area (Å²) >= 11 is 3.18. The quantitative estimate of drug-likeness (QED) is 0.760. The third-order valence-corrected chi connectivity index (χ3v) is 1.39. The van der Waals surface area contributed by atoms with E-state index < -0.39 is 0 Å². The maximum atomic E-state index is 5.27. The Labute approximate surface area is 73.9 Å². The smallest absolute Gasteiger partial charge is 0.233 e. The summed E-state index contributed by atoms with van der Waals surface area (Å²) < 4.78 is 5.99. The largest absolute Gasteiger partial charge is 0.474 e. The van der Waals surface area contributed by atoms with Crippen molar-refractivity contribution in [3.63, 3.8) is 0 Å². The Balaban J connectivity index is 2.66. The SMILES string of the molecule is CC(C)Oc1ccc(Br)nn1. The molecule has 60 valence electrons. The molecule has 1 aromatic heterocycles. The van der Waals surface area contributed by atoms with Gasteiger partial charge in [0, 0.05) is 6.07 Å². The summed E-state index contributed by atoms with van der Waals surface area (Å²) in [7, 11) is 0. The van der Waals surface area contributed by atoms with E-state index in [1.54, 1.807) is 12.1 Å². The fourth-order valence-electron chi connectivity index (χ4n) is 0.608. The van der Waals surface area contributed by atoms with Gasteiger partial charge in [0.25, 0.3) is 0 Å². The number of rotatable bonds is 2. The monoisotopic (exact) mass is 216 g/mol. The predicted molar refractivity (Wildman–Crippen MR) is 45.5 cm³/mol. The van der Waals surface area contributed by atoms with Crippen LogP contribution < -0.4 is 4.74 Å². The lowest BCUT2D eigenvalue weighted by molar-refractivity contribution is 0.230. The Morgan fingerprint density at radius 1 is 1.36 bits per heavy atom. The van der Waals surface area contributed by atoms with Gasteiger partial charge in [-0.15, -0.1) is 10.2 Å². The zero-order valence-corrected chi connectivity index (χ0v) is 8.00. The van der Waals surface area contributed by atoms with Crippen molar-refractivity contribution in [1.82, 2.24) is 10.2 Å². The summed E-state index contributed by atoms with van der Waals surface area (Å²) in [6.45, 7) is 3.90. The van der Waals surface area contributed by atoms with E-state index in [0.29, 0.717) is 10.5 Å².